The number of nitrogens with zero attached hydrogens (tertiary/aromatic N) is 3. The Kier molecular flexibility index (Phi) is 6.22. The van der Waals surface area contributed by atoms with Gasteiger partial charge in [-0.15, -0.1) is 0 Å². The van der Waals surface area contributed by atoms with E-state index in [0.717, 1.165) is 18.4 Å². The van der Waals surface area contributed by atoms with Gasteiger partial charge in [0.05, 0.1) is 18.8 Å². The van der Waals surface area contributed by atoms with E-state index < -0.39 is 0 Å². The topological polar surface area (TPSA) is 80.5 Å². The number of carbonyl (C=O) groups excluding carboxylic acids is 1. The fourth-order valence-electron chi connectivity index (χ4n) is 3.06. The second-order valence-electron chi connectivity index (χ2n) is 6.80. The lowest BCUT2D eigenvalue weighted by Crippen LogP contribution is -2.46. The maximum absolute atomic E-state index is 12.3. The number of aromatic nitrogens is 2. The molecule has 1 aliphatic rings. The van der Waals surface area contributed by atoms with Gasteiger partial charge >= 0.3 is 6.03 Å². The van der Waals surface area contributed by atoms with Gasteiger partial charge in [-0.05, 0) is 32.3 Å². The number of carbonyl (C=O) groups is 1. The highest BCUT2D eigenvalue weighted by Gasteiger charge is 2.24. The first-order chi connectivity index (χ1) is 12.6. The molecule has 1 aromatic carbocycles. The first-order valence-corrected chi connectivity index (χ1v) is 9.14. The summed E-state index contributed by atoms with van der Waals surface area (Å²) in [5, 5.41) is 6.82. The van der Waals surface area contributed by atoms with Gasteiger partial charge < -0.3 is 19.5 Å². The van der Waals surface area contributed by atoms with Crippen molar-refractivity contribution in [1.82, 2.24) is 20.4 Å². The van der Waals surface area contributed by atoms with Gasteiger partial charge in [0.25, 0.3) is 0 Å². The van der Waals surface area contributed by atoms with Crippen molar-refractivity contribution < 1.29 is 14.1 Å². The average molecular weight is 358 g/mol. The Hall–Kier alpha value is -2.41. The molecule has 0 atom stereocenters. The van der Waals surface area contributed by atoms with E-state index in [1.807, 2.05) is 44.2 Å². The molecule has 7 heteroatoms. The van der Waals surface area contributed by atoms with Gasteiger partial charge in [-0.2, -0.15) is 4.98 Å². The van der Waals surface area contributed by atoms with Crippen LogP contribution in [0.3, 0.4) is 0 Å². The highest BCUT2D eigenvalue weighted by Crippen LogP contribution is 2.15. The predicted octanol–water partition coefficient (Wildman–Crippen LogP) is 2.76. The van der Waals surface area contributed by atoms with Crippen LogP contribution in [0.15, 0.2) is 34.9 Å². The van der Waals surface area contributed by atoms with Gasteiger partial charge in [0.2, 0.25) is 5.89 Å². The molecule has 1 N–H and O–H groups in total. The molecule has 140 valence electrons. The Morgan fingerprint density at radius 2 is 2.04 bits per heavy atom. The number of rotatable bonds is 6. The summed E-state index contributed by atoms with van der Waals surface area (Å²) in [4.78, 5) is 18.4. The summed E-state index contributed by atoms with van der Waals surface area (Å²) in [6, 6.07) is 9.86. The minimum absolute atomic E-state index is 0.101. The number of amides is 2. The Labute approximate surface area is 153 Å². The Morgan fingerprint density at radius 3 is 2.73 bits per heavy atom. The zero-order valence-electron chi connectivity index (χ0n) is 15.4. The minimum Gasteiger partial charge on any atom is -0.375 e. The number of ether oxygens (including phenoxy) is 1. The largest absolute Gasteiger partial charge is 0.375 e. The van der Waals surface area contributed by atoms with Crippen LogP contribution in [-0.4, -0.2) is 46.4 Å². The molecule has 0 unspecified atom stereocenters. The normalized spacial score (nSPS) is 15.4. The average Bonchev–Trinajstić information content (AvgIpc) is 3.08. The lowest BCUT2D eigenvalue weighted by atomic mass is 10.1. The number of nitrogens with one attached hydrogen (secondary N) is 1. The van der Waals surface area contributed by atoms with Gasteiger partial charge in [0, 0.05) is 19.5 Å². The fraction of sp³-hybridized carbons (Fsp3) is 0.526. The summed E-state index contributed by atoms with van der Waals surface area (Å²) in [5.41, 5.74) is 1.12. The van der Waals surface area contributed by atoms with Crippen LogP contribution < -0.4 is 5.32 Å². The number of benzene rings is 1. The summed E-state index contributed by atoms with van der Waals surface area (Å²) < 4.78 is 11.0. The Morgan fingerprint density at radius 1 is 1.31 bits per heavy atom. The maximum atomic E-state index is 12.3. The molecule has 26 heavy (non-hydrogen) atoms. The maximum Gasteiger partial charge on any atom is 0.317 e. The van der Waals surface area contributed by atoms with Crippen LogP contribution in [0.1, 0.15) is 44.0 Å². The summed E-state index contributed by atoms with van der Waals surface area (Å²) in [6.45, 7) is 5.72. The van der Waals surface area contributed by atoms with Gasteiger partial charge in [-0.3, -0.25) is 0 Å². The van der Waals surface area contributed by atoms with Crippen LogP contribution in [0, 0.1) is 0 Å². The molecule has 0 spiro atoms. The summed E-state index contributed by atoms with van der Waals surface area (Å²) >= 11 is 0. The van der Waals surface area contributed by atoms with E-state index in [2.05, 4.69) is 15.5 Å². The van der Waals surface area contributed by atoms with Crippen molar-refractivity contribution in [3.05, 3.63) is 47.6 Å². The van der Waals surface area contributed by atoms with E-state index >= 15 is 0 Å². The molecule has 0 radical (unpaired) electrons. The summed E-state index contributed by atoms with van der Waals surface area (Å²) in [5.74, 6) is 1.04. The van der Waals surface area contributed by atoms with E-state index in [0.29, 0.717) is 31.2 Å². The first-order valence-electron chi connectivity index (χ1n) is 9.14. The first kappa shape index (κ1) is 18.4. The van der Waals surface area contributed by atoms with Crippen molar-refractivity contribution >= 4 is 6.03 Å². The fourth-order valence-corrected chi connectivity index (χ4v) is 3.06. The molecule has 1 fully saturated rings. The van der Waals surface area contributed by atoms with E-state index in [1.165, 1.54) is 0 Å². The highest BCUT2D eigenvalue weighted by molar-refractivity contribution is 5.74. The van der Waals surface area contributed by atoms with Crippen molar-refractivity contribution in [3.63, 3.8) is 0 Å². The van der Waals surface area contributed by atoms with Gasteiger partial charge in [0.1, 0.15) is 0 Å². The van der Waals surface area contributed by atoms with Crippen molar-refractivity contribution in [2.24, 2.45) is 0 Å². The zero-order chi connectivity index (χ0) is 18.4. The van der Waals surface area contributed by atoms with Gasteiger partial charge in [0.15, 0.2) is 5.82 Å². The number of likely N-dealkylation sites (tertiary alicyclic amines) is 1. The zero-order valence-corrected chi connectivity index (χ0v) is 15.4. The molecule has 0 saturated carbocycles. The standard InChI is InChI=1S/C19H26N4O3/c1-14(2)25-16-8-10-23(11-9-16)19(24)20-13-18-21-17(22-26-18)12-15-6-4-3-5-7-15/h3-7,14,16H,8-13H2,1-2H3,(H,20,24). The summed E-state index contributed by atoms with van der Waals surface area (Å²) in [7, 11) is 0. The van der Waals surface area contributed by atoms with Crippen LogP contribution in [0.4, 0.5) is 4.79 Å². The number of piperidine rings is 1. The number of urea groups is 1. The predicted molar refractivity (Wildman–Crippen MR) is 96.6 cm³/mol. The second kappa shape index (κ2) is 8.80. The van der Waals surface area contributed by atoms with Gasteiger partial charge in [-0.1, -0.05) is 35.5 Å². The van der Waals surface area contributed by atoms with Crippen molar-refractivity contribution in [3.8, 4) is 0 Å². The number of hydrogen-bond acceptors (Lipinski definition) is 5. The van der Waals surface area contributed by atoms with Gasteiger partial charge in [-0.25, -0.2) is 4.79 Å². The van der Waals surface area contributed by atoms with Crippen LogP contribution in [0.25, 0.3) is 0 Å². The smallest absolute Gasteiger partial charge is 0.317 e. The molecule has 2 aromatic rings. The molecule has 0 bridgehead atoms. The number of hydrogen-bond donors (Lipinski definition) is 1. The highest BCUT2D eigenvalue weighted by atomic mass is 16.5. The van der Waals surface area contributed by atoms with Crippen LogP contribution in [0.5, 0.6) is 0 Å². The van der Waals surface area contributed by atoms with E-state index in [-0.39, 0.29) is 24.8 Å². The molecule has 0 aliphatic carbocycles. The van der Waals surface area contributed by atoms with Crippen molar-refractivity contribution in [2.75, 3.05) is 13.1 Å². The van der Waals surface area contributed by atoms with Crippen molar-refractivity contribution in [1.29, 1.82) is 0 Å². The molecule has 1 aliphatic heterocycles. The molecular weight excluding hydrogens is 332 g/mol. The third-order valence-corrected chi connectivity index (χ3v) is 4.30. The van der Waals surface area contributed by atoms with Crippen LogP contribution >= 0.6 is 0 Å². The van der Waals surface area contributed by atoms with Crippen LogP contribution in [-0.2, 0) is 17.7 Å². The molecule has 2 amide bonds. The third-order valence-electron chi connectivity index (χ3n) is 4.30. The molecule has 7 nitrogen and oxygen atoms in total. The van der Waals surface area contributed by atoms with Crippen LogP contribution in [0.2, 0.25) is 0 Å². The molecule has 3 rings (SSSR count). The van der Waals surface area contributed by atoms with E-state index in [1.54, 1.807) is 4.90 Å². The second-order valence-corrected chi connectivity index (χ2v) is 6.80. The lowest BCUT2D eigenvalue weighted by molar-refractivity contribution is -0.0211. The Bertz CT molecular complexity index is 694. The monoisotopic (exact) mass is 358 g/mol. The van der Waals surface area contributed by atoms with E-state index in [4.69, 9.17) is 9.26 Å². The third kappa shape index (κ3) is 5.29. The molecule has 1 aromatic heterocycles. The Balaban J connectivity index is 1.42. The molecule has 1 saturated heterocycles. The molecule has 2 heterocycles. The molecular formula is C19H26N4O3. The minimum atomic E-state index is -0.101. The quantitative estimate of drug-likeness (QED) is 0.859. The van der Waals surface area contributed by atoms with Crippen molar-refractivity contribution in [2.45, 2.75) is 51.9 Å². The summed E-state index contributed by atoms with van der Waals surface area (Å²) in [6.07, 6.45) is 2.82. The SMILES string of the molecule is CC(C)OC1CCN(C(=O)NCc2nc(Cc3ccccc3)no2)CC1. The lowest BCUT2D eigenvalue weighted by Gasteiger charge is -2.32. The van der Waals surface area contributed by atoms with E-state index in [9.17, 15) is 4.79 Å².